The van der Waals surface area contributed by atoms with Crippen LogP contribution in [0.4, 0.5) is 0 Å². The van der Waals surface area contributed by atoms with Crippen LogP contribution in [0.25, 0.3) is 0 Å². The van der Waals surface area contributed by atoms with Gasteiger partial charge in [0.1, 0.15) is 0 Å². The molecule has 104 valence electrons. The van der Waals surface area contributed by atoms with Crippen molar-refractivity contribution < 1.29 is 14.7 Å². The number of rotatable bonds is 5. The molecule has 1 saturated heterocycles. The fraction of sp³-hybridized carbons (Fsp3) is 0.846. The molecule has 0 spiro atoms. The normalized spacial score (nSPS) is 24.8. The third-order valence-corrected chi connectivity index (χ3v) is 4.01. The predicted octanol–water partition coefficient (Wildman–Crippen LogP) is 0.378. The van der Waals surface area contributed by atoms with Crippen LogP contribution in [0.3, 0.4) is 0 Å². The van der Waals surface area contributed by atoms with E-state index in [4.69, 9.17) is 0 Å². The molecule has 5 heteroatoms. The highest BCUT2D eigenvalue weighted by molar-refractivity contribution is 5.89. The molecule has 1 heterocycles. The number of carbonyl (C=O) groups excluding carboxylic acids is 2. The molecule has 18 heavy (non-hydrogen) atoms. The Labute approximate surface area is 109 Å². The third kappa shape index (κ3) is 3.45. The fourth-order valence-corrected chi connectivity index (χ4v) is 2.06. The standard InChI is InChI=1S/C13H24N2O3/c1-5-9(2)13(3,18)8-14-12(17)10-6-11(16)15(4)7-10/h9-10,18H,5-8H2,1-4H3,(H,14,17). The van der Waals surface area contributed by atoms with E-state index >= 15 is 0 Å². The van der Waals surface area contributed by atoms with Crippen LogP contribution in [0.2, 0.25) is 0 Å². The lowest BCUT2D eigenvalue weighted by molar-refractivity contribution is -0.128. The average Bonchev–Trinajstić information content (AvgIpc) is 2.65. The first-order chi connectivity index (χ1) is 8.27. The molecule has 3 unspecified atom stereocenters. The summed E-state index contributed by atoms with van der Waals surface area (Å²) in [6.07, 6.45) is 1.13. The van der Waals surface area contributed by atoms with E-state index in [1.807, 2.05) is 13.8 Å². The van der Waals surface area contributed by atoms with E-state index in [0.717, 1.165) is 6.42 Å². The van der Waals surface area contributed by atoms with Gasteiger partial charge in [0.2, 0.25) is 11.8 Å². The second-order valence-electron chi connectivity index (χ2n) is 5.56. The molecule has 0 aliphatic carbocycles. The lowest BCUT2D eigenvalue weighted by Crippen LogP contribution is -2.46. The molecule has 5 nitrogen and oxygen atoms in total. The van der Waals surface area contributed by atoms with Crippen molar-refractivity contribution in [3.63, 3.8) is 0 Å². The average molecular weight is 256 g/mol. The van der Waals surface area contributed by atoms with Gasteiger partial charge in [0.25, 0.3) is 0 Å². The van der Waals surface area contributed by atoms with E-state index in [0.29, 0.717) is 6.54 Å². The maximum Gasteiger partial charge on any atom is 0.225 e. The van der Waals surface area contributed by atoms with Gasteiger partial charge in [-0.15, -0.1) is 0 Å². The third-order valence-electron chi connectivity index (χ3n) is 4.01. The van der Waals surface area contributed by atoms with Gasteiger partial charge < -0.3 is 15.3 Å². The monoisotopic (exact) mass is 256 g/mol. The smallest absolute Gasteiger partial charge is 0.225 e. The van der Waals surface area contributed by atoms with Crippen LogP contribution in [0.1, 0.15) is 33.6 Å². The number of amides is 2. The molecule has 1 aliphatic rings. The van der Waals surface area contributed by atoms with Crippen molar-refractivity contribution >= 4 is 11.8 Å². The number of likely N-dealkylation sites (tertiary alicyclic amines) is 1. The first-order valence-corrected chi connectivity index (χ1v) is 6.52. The Morgan fingerprint density at radius 1 is 1.67 bits per heavy atom. The number of nitrogens with zero attached hydrogens (tertiary/aromatic N) is 1. The number of hydrogen-bond acceptors (Lipinski definition) is 3. The van der Waals surface area contributed by atoms with Crippen LogP contribution < -0.4 is 5.32 Å². The zero-order chi connectivity index (χ0) is 13.9. The van der Waals surface area contributed by atoms with Gasteiger partial charge in [0, 0.05) is 26.6 Å². The highest BCUT2D eigenvalue weighted by Crippen LogP contribution is 2.20. The molecule has 2 amide bonds. The highest BCUT2D eigenvalue weighted by atomic mass is 16.3. The van der Waals surface area contributed by atoms with Crippen molar-refractivity contribution in [1.29, 1.82) is 0 Å². The predicted molar refractivity (Wildman–Crippen MR) is 68.8 cm³/mol. The maximum atomic E-state index is 11.9. The van der Waals surface area contributed by atoms with Crippen molar-refractivity contribution in [2.75, 3.05) is 20.1 Å². The summed E-state index contributed by atoms with van der Waals surface area (Å²) >= 11 is 0. The fourth-order valence-electron chi connectivity index (χ4n) is 2.06. The topological polar surface area (TPSA) is 69.6 Å². The van der Waals surface area contributed by atoms with Crippen molar-refractivity contribution in [1.82, 2.24) is 10.2 Å². The Kier molecular flexibility index (Phi) is 4.73. The summed E-state index contributed by atoms with van der Waals surface area (Å²) in [5.41, 5.74) is -0.904. The molecule has 0 saturated carbocycles. The molecule has 0 aromatic carbocycles. The van der Waals surface area contributed by atoms with Crippen LogP contribution in [0.15, 0.2) is 0 Å². The minimum absolute atomic E-state index is 0.00355. The second kappa shape index (κ2) is 5.69. The van der Waals surface area contributed by atoms with E-state index in [2.05, 4.69) is 5.32 Å². The Hall–Kier alpha value is -1.10. The lowest BCUT2D eigenvalue weighted by Gasteiger charge is -2.30. The molecule has 0 aromatic rings. The zero-order valence-corrected chi connectivity index (χ0v) is 11.7. The van der Waals surface area contributed by atoms with E-state index in [9.17, 15) is 14.7 Å². The van der Waals surface area contributed by atoms with Crippen LogP contribution in [-0.4, -0.2) is 47.6 Å². The molecule has 2 N–H and O–H groups in total. The first kappa shape index (κ1) is 15.0. The molecular weight excluding hydrogens is 232 g/mol. The number of nitrogens with one attached hydrogen (secondary N) is 1. The first-order valence-electron chi connectivity index (χ1n) is 6.52. The van der Waals surface area contributed by atoms with Gasteiger partial charge in [-0.25, -0.2) is 0 Å². The molecule has 1 fully saturated rings. The Morgan fingerprint density at radius 2 is 2.28 bits per heavy atom. The number of aliphatic hydroxyl groups is 1. The van der Waals surface area contributed by atoms with Gasteiger partial charge in [-0.3, -0.25) is 9.59 Å². The number of carbonyl (C=O) groups is 2. The van der Waals surface area contributed by atoms with Gasteiger partial charge in [-0.2, -0.15) is 0 Å². The molecule has 0 bridgehead atoms. The van der Waals surface area contributed by atoms with Gasteiger partial charge in [0.05, 0.1) is 11.5 Å². The summed E-state index contributed by atoms with van der Waals surface area (Å²) in [6, 6.07) is 0. The minimum atomic E-state index is -0.904. The quantitative estimate of drug-likeness (QED) is 0.747. The molecule has 1 aliphatic heterocycles. The summed E-state index contributed by atoms with van der Waals surface area (Å²) in [6.45, 7) is 6.39. The molecule has 1 rings (SSSR count). The summed E-state index contributed by atoms with van der Waals surface area (Å²) < 4.78 is 0. The van der Waals surface area contributed by atoms with E-state index < -0.39 is 5.60 Å². The van der Waals surface area contributed by atoms with Crippen molar-refractivity contribution in [2.45, 2.75) is 39.2 Å². The maximum absolute atomic E-state index is 11.9. The number of hydrogen-bond donors (Lipinski definition) is 2. The molecule has 3 atom stereocenters. The summed E-state index contributed by atoms with van der Waals surface area (Å²) in [5.74, 6) is -0.305. The summed E-state index contributed by atoms with van der Waals surface area (Å²) in [5, 5.41) is 12.9. The van der Waals surface area contributed by atoms with Crippen molar-refractivity contribution in [2.24, 2.45) is 11.8 Å². The van der Waals surface area contributed by atoms with Gasteiger partial charge in [-0.05, 0) is 12.8 Å². The summed E-state index contributed by atoms with van der Waals surface area (Å²) in [4.78, 5) is 24.8. The van der Waals surface area contributed by atoms with Gasteiger partial charge in [0.15, 0.2) is 0 Å². The Morgan fingerprint density at radius 3 is 2.72 bits per heavy atom. The molecular formula is C13H24N2O3. The van der Waals surface area contributed by atoms with Gasteiger partial charge in [-0.1, -0.05) is 20.3 Å². The van der Waals surface area contributed by atoms with Crippen LogP contribution in [-0.2, 0) is 9.59 Å². The van der Waals surface area contributed by atoms with E-state index in [-0.39, 0.29) is 36.6 Å². The zero-order valence-electron chi connectivity index (χ0n) is 11.7. The SMILES string of the molecule is CCC(C)C(C)(O)CNC(=O)C1CC(=O)N(C)C1. The Bertz CT molecular complexity index is 328. The van der Waals surface area contributed by atoms with E-state index in [1.54, 1.807) is 18.9 Å². The molecule has 0 radical (unpaired) electrons. The molecule has 0 aromatic heterocycles. The van der Waals surface area contributed by atoms with Crippen molar-refractivity contribution in [3.05, 3.63) is 0 Å². The summed E-state index contributed by atoms with van der Waals surface area (Å²) in [7, 11) is 1.70. The highest BCUT2D eigenvalue weighted by Gasteiger charge is 2.34. The van der Waals surface area contributed by atoms with Crippen molar-refractivity contribution in [3.8, 4) is 0 Å². The van der Waals surface area contributed by atoms with Crippen LogP contribution >= 0.6 is 0 Å². The Balaban J connectivity index is 2.45. The minimum Gasteiger partial charge on any atom is -0.388 e. The van der Waals surface area contributed by atoms with Crippen LogP contribution in [0.5, 0.6) is 0 Å². The second-order valence-corrected chi connectivity index (χ2v) is 5.56. The lowest BCUT2D eigenvalue weighted by atomic mass is 9.88. The van der Waals surface area contributed by atoms with Crippen LogP contribution in [0, 0.1) is 11.8 Å². The largest absolute Gasteiger partial charge is 0.388 e. The van der Waals surface area contributed by atoms with Gasteiger partial charge >= 0.3 is 0 Å². The van der Waals surface area contributed by atoms with E-state index in [1.165, 1.54) is 0 Å².